The van der Waals surface area contributed by atoms with Crippen LogP contribution in [0, 0.1) is 0 Å². The summed E-state index contributed by atoms with van der Waals surface area (Å²) in [5.74, 6) is -1.23. The molecule has 0 radical (unpaired) electrons. The fourth-order valence-corrected chi connectivity index (χ4v) is 4.75. The Balaban J connectivity index is 1.38. The average molecular weight is 485 g/mol. The van der Waals surface area contributed by atoms with Gasteiger partial charge in [-0.25, -0.2) is 0 Å². The summed E-state index contributed by atoms with van der Waals surface area (Å²) in [6.07, 6.45) is 1.35. The maximum atomic E-state index is 13.8. The fraction of sp³-hybridized carbons (Fsp3) is 0.286. The van der Waals surface area contributed by atoms with Crippen molar-refractivity contribution >= 4 is 23.4 Å². The van der Waals surface area contributed by atoms with Gasteiger partial charge in [-0.3, -0.25) is 19.4 Å². The molecular formula is C28H28N4O4. The average Bonchev–Trinajstić information content (AvgIpc) is 3.06. The number of rotatable bonds is 6. The summed E-state index contributed by atoms with van der Waals surface area (Å²) in [6.45, 7) is 1.25. The van der Waals surface area contributed by atoms with E-state index in [9.17, 15) is 14.4 Å². The van der Waals surface area contributed by atoms with E-state index in [1.807, 2.05) is 66.7 Å². The number of pyridine rings is 1. The predicted molar refractivity (Wildman–Crippen MR) is 134 cm³/mol. The highest BCUT2D eigenvalue weighted by Crippen LogP contribution is 2.33. The topological polar surface area (TPSA) is 91.8 Å². The standard InChI is InChI=1S/C28H28N4O4/c33-26-14-24(23-11-4-5-12-25(23)30-26)28(35)32-17-22(36-19-21-10-6-7-13-29-21)16-31(27(34)18-32)15-20-8-2-1-3-9-20/h1-13,22,24H,14-19H2,(H,30,33)/t22-,24+/m0/s1. The molecule has 0 spiro atoms. The second-order valence-electron chi connectivity index (χ2n) is 9.12. The summed E-state index contributed by atoms with van der Waals surface area (Å²) in [4.78, 5) is 47.0. The summed E-state index contributed by atoms with van der Waals surface area (Å²) in [5, 5.41) is 2.83. The van der Waals surface area contributed by atoms with Gasteiger partial charge in [0, 0.05) is 37.9 Å². The van der Waals surface area contributed by atoms with E-state index in [1.54, 1.807) is 22.1 Å². The lowest BCUT2D eigenvalue weighted by Gasteiger charge is -2.30. The molecule has 2 aromatic carbocycles. The van der Waals surface area contributed by atoms with Crippen LogP contribution in [-0.2, 0) is 32.3 Å². The van der Waals surface area contributed by atoms with Crippen LogP contribution in [0.5, 0.6) is 0 Å². The van der Waals surface area contributed by atoms with Crippen LogP contribution in [-0.4, -0.2) is 58.2 Å². The molecule has 1 saturated heterocycles. The minimum Gasteiger partial charge on any atom is -0.368 e. The zero-order valence-corrected chi connectivity index (χ0v) is 19.9. The van der Waals surface area contributed by atoms with Gasteiger partial charge < -0.3 is 19.9 Å². The van der Waals surface area contributed by atoms with Gasteiger partial charge in [0.1, 0.15) is 0 Å². The first kappa shape index (κ1) is 23.7. The lowest BCUT2D eigenvalue weighted by molar-refractivity contribution is -0.140. The van der Waals surface area contributed by atoms with Crippen molar-refractivity contribution in [2.24, 2.45) is 0 Å². The molecule has 0 bridgehead atoms. The SMILES string of the molecule is O=C1C[C@@H](C(=O)N2CC(=O)N(Cc3ccccc3)C[C@H](OCc3ccccn3)C2)c2ccccc2N1. The third-order valence-corrected chi connectivity index (χ3v) is 6.55. The number of aromatic nitrogens is 1. The van der Waals surface area contributed by atoms with E-state index in [1.165, 1.54) is 0 Å². The van der Waals surface area contributed by atoms with Crippen molar-refractivity contribution in [1.82, 2.24) is 14.8 Å². The monoisotopic (exact) mass is 484 g/mol. The van der Waals surface area contributed by atoms with Crippen molar-refractivity contribution in [2.75, 3.05) is 25.0 Å². The number of hydrogen-bond acceptors (Lipinski definition) is 5. The highest BCUT2D eigenvalue weighted by Gasteiger charge is 2.37. The largest absolute Gasteiger partial charge is 0.368 e. The zero-order valence-electron chi connectivity index (χ0n) is 19.9. The van der Waals surface area contributed by atoms with E-state index >= 15 is 0 Å². The molecule has 36 heavy (non-hydrogen) atoms. The van der Waals surface area contributed by atoms with Crippen LogP contribution in [0.1, 0.15) is 29.2 Å². The van der Waals surface area contributed by atoms with E-state index in [2.05, 4.69) is 10.3 Å². The summed E-state index contributed by atoms with van der Waals surface area (Å²) in [5.41, 5.74) is 3.19. The zero-order chi connectivity index (χ0) is 24.9. The molecule has 184 valence electrons. The number of carbonyl (C=O) groups excluding carboxylic acids is 3. The van der Waals surface area contributed by atoms with E-state index in [0.29, 0.717) is 18.8 Å². The van der Waals surface area contributed by atoms with Crippen LogP contribution >= 0.6 is 0 Å². The lowest BCUT2D eigenvalue weighted by atomic mass is 9.89. The Morgan fingerprint density at radius 1 is 0.972 bits per heavy atom. The molecule has 0 saturated carbocycles. The first-order chi connectivity index (χ1) is 17.6. The van der Waals surface area contributed by atoms with E-state index in [4.69, 9.17) is 4.74 Å². The van der Waals surface area contributed by atoms with Crippen molar-refractivity contribution in [2.45, 2.75) is 31.6 Å². The van der Waals surface area contributed by atoms with Gasteiger partial charge in [0.05, 0.1) is 30.9 Å². The van der Waals surface area contributed by atoms with Gasteiger partial charge in [-0.1, -0.05) is 54.6 Å². The highest BCUT2D eigenvalue weighted by molar-refractivity contribution is 6.01. The van der Waals surface area contributed by atoms with Crippen LogP contribution in [0.15, 0.2) is 79.0 Å². The highest BCUT2D eigenvalue weighted by atomic mass is 16.5. The molecule has 5 rings (SSSR count). The Morgan fingerprint density at radius 2 is 1.75 bits per heavy atom. The van der Waals surface area contributed by atoms with Crippen molar-refractivity contribution in [1.29, 1.82) is 0 Å². The predicted octanol–water partition coefficient (Wildman–Crippen LogP) is 2.96. The second-order valence-corrected chi connectivity index (χ2v) is 9.12. The number of benzene rings is 2. The molecule has 1 aromatic heterocycles. The van der Waals surface area contributed by atoms with Crippen LogP contribution in [0.3, 0.4) is 0 Å². The van der Waals surface area contributed by atoms with Crippen LogP contribution in [0.4, 0.5) is 5.69 Å². The minimum absolute atomic E-state index is 0.0493. The van der Waals surface area contributed by atoms with Gasteiger partial charge in [0.15, 0.2) is 0 Å². The maximum absolute atomic E-state index is 13.8. The van der Waals surface area contributed by atoms with Gasteiger partial charge >= 0.3 is 0 Å². The number of para-hydroxylation sites is 1. The van der Waals surface area contributed by atoms with Gasteiger partial charge in [-0.05, 0) is 29.3 Å². The third-order valence-electron chi connectivity index (χ3n) is 6.55. The molecule has 3 heterocycles. The Labute approximate surface area is 209 Å². The lowest BCUT2D eigenvalue weighted by Crippen LogP contribution is -2.44. The van der Waals surface area contributed by atoms with E-state index < -0.39 is 12.0 Å². The number of nitrogens with one attached hydrogen (secondary N) is 1. The molecule has 8 nitrogen and oxygen atoms in total. The summed E-state index contributed by atoms with van der Waals surface area (Å²) >= 11 is 0. The smallest absolute Gasteiger partial charge is 0.242 e. The van der Waals surface area contributed by atoms with Crippen molar-refractivity contribution in [3.63, 3.8) is 0 Å². The third kappa shape index (κ3) is 5.44. The van der Waals surface area contributed by atoms with Crippen LogP contribution in [0.25, 0.3) is 0 Å². The summed E-state index contributed by atoms with van der Waals surface area (Å²) < 4.78 is 6.19. The Bertz CT molecular complexity index is 1230. The maximum Gasteiger partial charge on any atom is 0.242 e. The van der Waals surface area contributed by atoms with Crippen LogP contribution < -0.4 is 5.32 Å². The molecule has 1 fully saturated rings. The molecule has 2 aliphatic heterocycles. The first-order valence-electron chi connectivity index (χ1n) is 12.1. The molecule has 2 aliphatic rings. The number of amides is 3. The van der Waals surface area contributed by atoms with E-state index in [-0.39, 0.29) is 43.8 Å². The second kappa shape index (κ2) is 10.7. The van der Waals surface area contributed by atoms with Crippen LogP contribution in [0.2, 0.25) is 0 Å². The number of nitrogens with zero attached hydrogens (tertiary/aromatic N) is 3. The molecule has 0 unspecified atom stereocenters. The normalized spacial score (nSPS) is 19.9. The first-order valence-corrected chi connectivity index (χ1v) is 12.1. The molecule has 3 aromatic rings. The molecule has 0 aliphatic carbocycles. The number of hydrogen-bond donors (Lipinski definition) is 1. The van der Waals surface area contributed by atoms with Gasteiger partial charge in [0.2, 0.25) is 17.7 Å². The summed E-state index contributed by atoms with van der Waals surface area (Å²) in [6, 6.07) is 22.7. The number of ether oxygens (including phenoxy) is 1. The van der Waals surface area contributed by atoms with Crippen molar-refractivity contribution in [3.8, 4) is 0 Å². The number of anilines is 1. The Kier molecular flexibility index (Phi) is 7.04. The van der Waals surface area contributed by atoms with E-state index in [0.717, 1.165) is 16.8 Å². The minimum atomic E-state index is -0.639. The molecular weight excluding hydrogens is 456 g/mol. The van der Waals surface area contributed by atoms with Crippen molar-refractivity contribution in [3.05, 3.63) is 95.8 Å². The molecule has 2 atom stereocenters. The Morgan fingerprint density at radius 3 is 2.56 bits per heavy atom. The Hall–Kier alpha value is -4.04. The number of carbonyl (C=O) groups is 3. The number of fused-ring (bicyclic) bond motifs is 1. The molecule has 8 heteroatoms. The van der Waals surface area contributed by atoms with Gasteiger partial charge in [-0.2, -0.15) is 0 Å². The molecule has 1 N–H and O–H groups in total. The fourth-order valence-electron chi connectivity index (χ4n) is 4.75. The molecule has 3 amide bonds. The summed E-state index contributed by atoms with van der Waals surface area (Å²) in [7, 11) is 0. The van der Waals surface area contributed by atoms with Crippen molar-refractivity contribution < 1.29 is 19.1 Å². The quantitative estimate of drug-likeness (QED) is 0.581. The van der Waals surface area contributed by atoms with Gasteiger partial charge in [-0.15, -0.1) is 0 Å². The van der Waals surface area contributed by atoms with Gasteiger partial charge in [0.25, 0.3) is 0 Å².